The Morgan fingerprint density at radius 1 is 1.18 bits per heavy atom. The summed E-state index contributed by atoms with van der Waals surface area (Å²) in [6.07, 6.45) is 0. The molecule has 0 unspecified atom stereocenters. The van der Waals surface area contributed by atoms with E-state index in [1.54, 1.807) is 12.1 Å². The molecule has 0 aliphatic heterocycles. The normalized spacial score (nSPS) is 10.6. The summed E-state index contributed by atoms with van der Waals surface area (Å²) in [4.78, 5) is 27.5. The van der Waals surface area contributed by atoms with Crippen molar-refractivity contribution < 1.29 is 24.0 Å². The van der Waals surface area contributed by atoms with Crippen molar-refractivity contribution in [2.45, 2.75) is 6.92 Å². The van der Waals surface area contributed by atoms with Gasteiger partial charge in [0.1, 0.15) is 11.3 Å². The van der Waals surface area contributed by atoms with Crippen molar-refractivity contribution in [3.8, 4) is 23.0 Å². The number of nitrogens with one attached hydrogen (secondary N) is 2. The third kappa shape index (κ3) is 4.64. The maximum absolute atomic E-state index is 12.5. The number of phenolic OH excluding ortho intramolecular Hbond substituents is 1. The van der Waals surface area contributed by atoms with Crippen molar-refractivity contribution in [3.63, 3.8) is 0 Å². The first-order valence-corrected chi connectivity index (χ1v) is 10.3. The first-order chi connectivity index (χ1) is 16.2. The predicted molar refractivity (Wildman–Crippen MR) is 129 cm³/mol. The number of rotatable bonds is 5. The summed E-state index contributed by atoms with van der Waals surface area (Å²) in [6.45, 7) is 1.93. The third-order valence-corrected chi connectivity index (χ3v) is 5.10. The lowest BCUT2D eigenvalue weighted by molar-refractivity contribution is -0.385. The molecule has 0 bridgehead atoms. The van der Waals surface area contributed by atoms with Gasteiger partial charge in [-0.25, -0.2) is 4.98 Å². The van der Waals surface area contributed by atoms with Gasteiger partial charge in [-0.15, -0.1) is 0 Å². The molecule has 4 aromatic rings. The van der Waals surface area contributed by atoms with E-state index in [0.717, 1.165) is 11.6 Å². The van der Waals surface area contributed by atoms with Crippen LogP contribution in [0.2, 0.25) is 0 Å². The van der Waals surface area contributed by atoms with Gasteiger partial charge in [-0.2, -0.15) is 0 Å². The van der Waals surface area contributed by atoms with Crippen LogP contribution >= 0.6 is 12.2 Å². The molecule has 0 aliphatic rings. The molecule has 11 heteroatoms. The zero-order valence-corrected chi connectivity index (χ0v) is 18.8. The standard InChI is InChI=1S/C23H18N4O6S/c1-12-3-6-16-20(9-12)33-22(25-16)15-11-14(5-7-18(15)28)24-23(34)26-21(29)13-4-8-19(32-2)17(10-13)27(30)31/h3-11,28H,1-2H3,(H2,24,26,29,34). The molecular formula is C23H18N4O6S. The van der Waals surface area contributed by atoms with Gasteiger partial charge in [0.2, 0.25) is 5.89 Å². The molecule has 0 radical (unpaired) electrons. The molecule has 1 amide bonds. The van der Waals surface area contributed by atoms with Crippen molar-refractivity contribution in [2.75, 3.05) is 12.4 Å². The van der Waals surface area contributed by atoms with Gasteiger partial charge in [0.05, 0.1) is 17.6 Å². The first-order valence-electron chi connectivity index (χ1n) is 9.90. The highest BCUT2D eigenvalue weighted by Crippen LogP contribution is 2.33. The minimum Gasteiger partial charge on any atom is -0.507 e. The predicted octanol–water partition coefficient (Wildman–Crippen LogP) is 4.55. The average molecular weight is 478 g/mol. The molecule has 0 atom stereocenters. The van der Waals surface area contributed by atoms with E-state index in [1.807, 2.05) is 25.1 Å². The van der Waals surface area contributed by atoms with E-state index in [-0.39, 0.29) is 33.8 Å². The second-order valence-electron chi connectivity index (χ2n) is 7.27. The van der Waals surface area contributed by atoms with Gasteiger partial charge >= 0.3 is 5.69 Å². The van der Waals surface area contributed by atoms with Gasteiger partial charge in [-0.3, -0.25) is 20.2 Å². The number of nitro benzene ring substituents is 1. The Balaban J connectivity index is 1.52. The molecule has 3 aromatic carbocycles. The van der Waals surface area contributed by atoms with Crippen molar-refractivity contribution in [1.29, 1.82) is 0 Å². The number of fused-ring (bicyclic) bond motifs is 1. The second-order valence-corrected chi connectivity index (χ2v) is 7.68. The zero-order valence-electron chi connectivity index (χ0n) is 18.0. The summed E-state index contributed by atoms with van der Waals surface area (Å²) < 4.78 is 10.7. The summed E-state index contributed by atoms with van der Waals surface area (Å²) in [5.74, 6) is -0.429. The van der Waals surface area contributed by atoms with E-state index in [2.05, 4.69) is 15.6 Å². The van der Waals surface area contributed by atoms with Crippen molar-refractivity contribution in [2.24, 2.45) is 0 Å². The van der Waals surface area contributed by atoms with Gasteiger partial charge in [0, 0.05) is 17.3 Å². The lowest BCUT2D eigenvalue weighted by atomic mass is 10.1. The van der Waals surface area contributed by atoms with Crippen LogP contribution in [0, 0.1) is 17.0 Å². The maximum atomic E-state index is 12.5. The number of hydrogen-bond donors (Lipinski definition) is 3. The Morgan fingerprint density at radius 3 is 2.71 bits per heavy atom. The number of carbonyl (C=O) groups excluding carboxylic acids is 1. The monoisotopic (exact) mass is 478 g/mol. The SMILES string of the molecule is COc1ccc(C(=O)NC(=S)Nc2ccc(O)c(-c3nc4ccc(C)cc4o3)c2)cc1[N+](=O)[O-]. The number of methoxy groups -OCH3 is 1. The van der Waals surface area contributed by atoms with Crippen LogP contribution in [-0.2, 0) is 0 Å². The summed E-state index contributed by atoms with van der Waals surface area (Å²) in [7, 11) is 1.30. The highest BCUT2D eigenvalue weighted by atomic mass is 32.1. The van der Waals surface area contributed by atoms with Crippen LogP contribution in [0.25, 0.3) is 22.6 Å². The number of nitro groups is 1. The first kappa shape index (κ1) is 22.7. The minimum absolute atomic E-state index is 0.0322. The lowest BCUT2D eigenvalue weighted by Gasteiger charge is -2.11. The highest BCUT2D eigenvalue weighted by molar-refractivity contribution is 7.80. The largest absolute Gasteiger partial charge is 0.507 e. The Morgan fingerprint density at radius 2 is 1.97 bits per heavy atom. The number of aromatic nitrogens is 1. The molecule has 0 saturated heterocycles. The van der Waals surface area contributed by atoms with E-state index in [1.165, 1.54) is 25.3 Å². The Hall–Kier alpha value is -4.51. The minimum atomic E-state index is -0.642. The van der Waals surface area contributed by atoms with Crippen LogP contribution in [-0.4, -0.2) is 33.1 Å². The van der Waals surface area contributed by atoms with Crippen molar-refractivity contribution >= 4 is 45.7 Å². The lowest BCUT2D eigenvalue weighted by Crippen LogP contribution is -2.34. The van der Waals surface area contributed by atoms with Crippen molar-refractivity contribution in [1.82, 2.24) is 10.3 Å². The van der Waals surface area contributed by atoms with Gasteiger partial charge in [-0.1, -0.05) is 6.07 Å². The number of aromatic hydroxyl groups is 1. The fraction of sp³-hybridized carbons (Fsp3) is 0.0870. The molecule has 172 valence electrons. The quantitative estimate of drug-likeness (QED) is 0.163. The fourth-order valence-electron chi connectivity index (χ4n) is 3.24. The number of benzene rings is 3. The number of nitrogens with zero attached hydrogens (tertiary/aromatic N) is 2. The van der Waals surface area contributed by atoms with Crippen LogP contribution < -0.4 is 15.4 Å². The molecule has 1 heterocycles. The number of oxazole rings is 1. The molecule has 0 aliphatic carbocycles. The fourth-order valence-corrected chi connectivity index (χ4v) is 3.45. The number of phenols is 1. The highest BCUT2D eigenvalue weighted by Gasteiger charge is 2.19. The Bertz CT molecular complexity index is 1450. The smallest absolute Gasteiger partial charge is 0.311 e. The molecule has 0 saturated carbocycles. The molecule has 0 spiro atoms. The van der Waals surface area contributed by atoms with E-state index < -0.39 is 10.8 Å². The number of anilines is 1. The van der Waals surface area contributed by atoms with Gasteiger partial charge < -0.3 is 19.6 Å². The number of carbonyl (C=O) groups is 1. The van der Waals surface area contributed by atoms with E-state index in [0.29, 0.717) is 22.4 Å². The molecule has 0 fully saturated rings. The summed E-state index contributed by atoms with van der Waals surface area (Å²) >= 11 is 5.20. The van der Waals surface area contributed by atoms with Gasteiger partial charge in [0.15, 0.2) is 16.4 Å². The van der Waals surface area contributed by atoms with Crippen LogP contribution in [0.15, 0.2) is 59.0 Å². The second kappa shape index (κ2) is 9.16. The van der Waals surface area contributed by atoms with E-state index in [4.69, 9.17) is 21.4 Å². The molecule has 1 aromatic heterocycles. The average Bonchev–Trinajstić information content (AvgIpc) is 3.22. The number of thiocarbonyl (C=S) groups is 1. The molecular weight excluding hydrogens is 460 g/mol. The molecule has 34 heavy (non-hydrogen) atoms. The Kier molecular flexibility index (Phi) is 6.11. The topological polar surface area (TPSA) is 140 Å². The number of amides is 1. The van der Waals surface area contributed by atoms with Crippen LogP contribution in [0.3, 0.4) is 0 Å². The summed E-state index contributed by atoms with van der Waals surface area (Å²) in [5.41, 5.74) is 2.73. The number of aryl methyl sites for hydroxylation is 1. The number of ether oxygens (including phenoxy) is 1. The molecule has 4 rings (SSSR count). The summed E-state index contributed by atoms with van der Waals surface area (Å²) in [6, 6.07) is 14.0. The molecule has 3 N–H and O–H groups in total. The van der Waals surface area contributed by atoms with Gasteiger partial charge in [-0.05, 0) is 67.2 Å². The molecule has 10 nitrogen and oxygen atoms in total. The maximum Gasteiger partial charge on any atom is 0.311 e. The van der Waals surface area contributed by atoms with E-state index in [9.17, 15) is 20.0 Å². The Labute approximate surface area is 198 Å². The van der Waals surface area contributed by atoms with Crippen LogP contribution in [0.1, 0.15) is 15.9 Å². The zero-order chi connectivity index (χ0) is 24.4. The van der Waals surface area contributed by atoms with Crippen LogP contribution in [0.4, 0.5) is 11.4 Å². The van der Waals surface area contributed by atoms with E-state index >= 15 is 0 Å². The number of hydrogen-bond acceptors (Lipinski definition) is 8. The third-order valence-electron chi connectivity index (χ3n) is 4.89. The van der Waals surface area contributed by atoms with Crippen LogP contribution in [0.5, 0.6) is 11.5 Å². The summed E-state index contributed by atoms with van der Waals surface area (Å²) in [5, 5.41) is 26.8. The van der Waals surface area contributed by atoms with Gasteiger partial charge in [0.25, 0.3) is 5.91 Å². The van der Waals surface area contributed by atoms with Crippen molar-refractivity contribution in [3.05, 3.63) is 75.8 Å².